The first-order valence-corrected chi connectivity index (χ1v) is 10.3. The van der Waals surface area contributed by atoms with Crippen LogP contribution in [0, 0.1) is 0 Å². The summed E-state index contributed by atoms with van der Waals surface area (Å²) in [5.74, 6) is 0. The number of benzene rings is 2. The van der Waals surface area contributed by atoms with E-state index in [2.05, 4.69) is 52.0 Å². The second-order valence-corrected chi connectivity index (χ2v) is 7.77. The maximum atomic E-state index is 12.2. The zero-order valence-corrected chi connectivity index (χ0v) is 16.0. The van der Waals surface area contributed by atoms with Gasteiger partial charge in [-0.2, -0.15) is 0 Å². The number of rotatable bonds is 4. The van der Waals surface area contributed by atoms with E-state index in [9.17, 15) is 4.79 Å². The van der Waals surface area contributed by atoms with Crippen molar-refractivity contribution in [3.8, 4) is 22.4 Å². The monoisotopic (exact) mass is 377 g/mol. The molecule has 0 radical (unpaired) electrons. The normalized spacial score (nSPS) is 14.7. The van der Waals surface area contributed by atoms with Gasteiger partial charge in [0.1, 0.15) is 0 Å². The average molecular weight is 378 g/mol. The number of anilines is 1. The minimum absolute atomic E-state index is 0.151. The second-order valence-electron chi connectivity index (χ2n) is 6.91. The van der Waals surface area contributed by atoms with Gasteiger partial charge in [-0.25, -0.2) is 9.78 Å². The van der Waals surface area contributed by atoms with Gasteiger partial charge in [0, 0.05) is 17.0 Å². The third kappa shape index (κ3) is 4.55. The van der Waals surface area contributed by atoms with Gasteiger partial charge in [0.2, 0.25) is 0 Å². The van der Waals surface area contributed by atoms with E-state index in [0.29, 0.717) is 11.2 Å². The SMILES string of the molecule is O=C(Nc1nc(-c2ccc(-c3ccccc3)cc2)cs1)NC1CCCCC1. The molecule has 1 aliphatic rings. The van der Waals surface area contributed by atoms with Crippen molar-refractivity contribution in [2.24, 2.45) is 0 Å². The summed E-state index contributed by atoms with van der Waals surface area (Å²) in [5, 5.41) is 8.54. The van der Waals surface area contributed by atoms with E-state index in [4.69, 9.17) is 0 Å². The minimum atomic E-state index is -0.151. The summed E-state index contributed by atoms with van der Waals surface area (Å²) in [7, 11) is 0. The molecule has 1 aromatic heterocycles. The van der Waals surface area contributed by atoms with Crippen LogP contribution in [-0.4, -0.2) is 17.1 Å². The van der Waals surface area contributed by atoms with Crippen LogP contribution in [-0.2, 0) is 0 Å². The number of hydrogen-bond acceptors (Lipinski definition) is 3. The molecule has 0 unspecified atom stereocenters. The van der Waals surface area contributed by atoms with Crippen molar-refractivity contribution in [2.45, 2.75) is 38.1 Å². The molecule has 1 saturated carbocycles. The standard InChI is InChI=1S/C22H23N3OS/c26-21(23-19-9-5-2-6-10-19)25-22-24-20(15-27-22)18-13-11-17(12-14-18)16-7-3-1-4-8-16/h1,3-4,7-8,11-15,19H,2,5-6,9-10H2,(H2,23,24,25,26). The summed E-state index contributed by atoms with van der Waals surface area (Å²) in [5.41, 5.74) is 4.31. The quantitative estimate of drug-likeness (QED) is 0.592. The van der Waals surface area contributed by atoms with Crippen molar-refractivity contribution < 1.29 is 4.79 Å². The van der Waals surface area contributed by atoms with Gasteiger partial charge in [-0.1, -0.05) is 73.9 Å². The summed E-state index contributed by atoms with van der Waals surface area (Å²) < 4.78 is 0. The summed E-state index contributed by atoms with van der Waals surface area (Å²) in [6.07, 6.45) is 5.82. The highest BCUT2D eigenvalue weighted by Gasteiger charge is 2.16. The fraction of sp³-hybridized carbons (Fsp3) is 0.273. The van der Waals surface area contributed by atoms with Gasteiger partial charge in [0.05, 0.1) is 5.69 Å². The Morgan fingerprint density at radius 2 is 1.56 bits per heavy atom. The predicted molar refractivity (Wildman–Crippen MR) is 112 cm³/mol. The van der Waals surface area contributed by atoms with Crippen molar-refractivity contribution >= 4 is 22.5 Å². The smallest absolute Gasteiger partial charge is 0.321 e. The van der Waals surface area contributed by atoms with Gasteiger partial charge in [0.15, 0.2) is 5.13 Å². The van der Waals surface area contributed by atoms with Crippen LogP contribution in [0.3, 0.4) is 0 Å². The van der Waals surface area contributed by atoms with Gasteiger partial charge in [-0.05, 0) is 24.0 Å². The third-order valence-corrected chi connectivity index (χ3v) is 5.71. The minimum Gasteiger partial charge on any atom is -0.335 e. The van der Waals surface area contributed by atoms with Crippen LogP contribution in [0.2, 0.25) is 0 Å². The van der Waals surface area contributed by atoms with Gasteiger partial charge in [-0.3, -0.25) is 5.32 Å². The Labute approximate surface area is 163 Å². The molecule has 1 heterocycles. The average Bonchev–Trinajstić information content (AvgIpc) is 3.18. The maximum Gasteiger partial charge on any atom is 0.321 e. The lowest BCUT2D eigenvalue weighted by Crippen LogP contribution is -2.38. The highest BCUT2D eigenvalue weighted by Crippen LogP contribution is 2.27. The zero-order chi connectivity index (χ0) is 18.5. The number of urea groups is 1. The fourth-order valence-corrected chi connectivity index (χ4v) is 4.21. The topological polar surface area (TPSA) is 54.0 Å². The van der Waals surface area contributed by atoms with Crippen molar-refractivity contribution in [1.29, 1.82) is 0 Å². The Bertz CT molecular complexity index is 883. The summed E-state index contributed by atoms with van der Waals surface area (Å²) in [4.78, 5) is 16.7. The number of carbonyl (C=O) groups excluding carboxylic acids is 1. The van der Waals surface area contributed by atoms with Crippen LogP contribution in [0.4, 0.5) is 9.93 Å². The molecule has 3 aromatic rings. The molecule has 27 heavy (non-hydrogen) atoms. The van der Waals surface area contributed by atoms with Gasteiger partial charge >= 0.3 is 6.03 Å². The lowest BCUT2D eigenvalue weighted by atomic mass is 9.96. The maximum absolute atomic E-state index is 12.2. The highest BCUT2D eigenvalue weighted by molar-refractivity contribution is 7.14. The van der Waals surface area contributed by atoms with Crippen LogP contribution in [0.1, 0.15) is 32.1 Å². The Hall–Kier alpha value is -2.66. The van der Waals surface area contributed by atoms with E-state index in [1.165, 1.54) is 41.7 Å². The Morgan fingerprint density at radius 3 is 2.30 bits per heavy atom. The first kappa shape index (κ1) is 17.7. The van der Waals surface area contributed by atoms with Crippen LogP contribution in [0.5, 0.6) is 0 Å². The van der Waals surface area contributed by atoms with E-state index in [1.54, 1.807) is 0 Å². The number of hydrogen-bond donors (Lipinski definition) is 2. The second kappa shape index (κ2) is 8.35. The molecule has 0 bridgehead atoms. The van der Waals surface area contributed by atoms with E-state index < -0.39 is 0 Å². The van der Waals surface area contributed by atoms with E-state index in [0.717, 1.165) is 24.1 Å². The zero-order valence-electron chi connectivity index (χ0n) is 15.2. The number of nitrogens with zero attached hydrogens (tertiary/aromatic N) is 1. The molecule has 2 amide bonds. The molecule has 0 aliphatic heterocycles. The molecule has 0 spiro atoms. The van der Waals surface area contributed by atoms with Crippen LogP contribution in [0.15, 0.2) is 60.0 Å². The van der Waals surface area contributed by atoms with Crippen LogP contribution >= 0.6 is 11.3 Å². The molecule has 4 rings (SSSR count). The molecule has 1 aliphatic carbocycles. The molecular weight excluding hydrogens is 354 g/mol. The number of thiazole rings is 1. The molecule has 138 valence electrons. The lowest BCUT2D eigenvalue weighted by Gasteiger charge is -2.22. The summed E-state index contributed by atoms with van der Waals surface area (Å²) >= 11 is 1.45. The Morgan fingerprint density at radius 1 is 0.889 bits per heavy atom. The molecule has 2 aromatic carbocycles. The summed E-state index contributed by atoms with van der Waals surface area (Å²) in [6, 6.07) is 18.8. The number of amides is 2. The van der Waals surface area contributed by atoms with Crippen molar-refractivity contribution in [1.82, 2.24) is 10.3 Å². The number of carbonyl (C=O) groups is 1. The largest absolute Gasteiger partial charge is 0.335 e. The van der Waals surface area contributed by atoms with Crippen molar-refractivity contribution in [3.63, 3.8) is 0 Å². The fourth-order valence-electron chi connectivity index (χ4n) is 3.49. The highest BCUT2D eigenvalue weighted by atomic mass is 32.1. The summed E-state index contributed by atoms with van der Waals surface area (Å²) in [6.45, 7) is 0. The molecule has 0 atom stereocenters. The van der Waals surface area contributed by atoms with Crippen molar-refractivity contribution in [2.75, 3.05) is 5.32 Å². The Balaban J connectivity index is 1.39. The number of aromatic nitrogens is 1. The van der Waals surface area contributed by atoms with Gasteiger partial charge in [-0.15, -0.1) is 11.3 Å². The van der Waals surface area contributed by atoms with E-state index >= 15 is 0 Å². The van der Waals surface area contributed by atoms with Crippen LogP contribution < -0.4 is 10.6 Å². The van der Waals surface area contributed by atoms with Crippen LogP contribution in [0.25, 0.3) is 22.4 Å². The molecule has 4 nitrogen and oxygen atoms in total. The molecular formula is C22H23N3OS. The van der Waals surface area contributed by atoms with Gasteiger partial charge in [0.25, 0.3) is 0 Å². The molecule has 2 N–H and O–H groups in total. The molecule has 5 heteroatoms. The third-order valence-electron chi connectivity index (χ3n) is 4.95. The first-order valence-electron chi connectivity index (χ1n) is 9.47. The van der Waals surface area contributed by atoms with E-state index in [-0.39, 0.29) is 6.03 Å². The van der Waals surface area contributed by atoms with E-state index in [1.807, 2.05) is 23.6 Å². The Kier molecular flexibility index (Phi) is 5.49. The molecule has 0 saturated heterocycles. The lowest BCUT2D eigenvalue weighted by molar-refractivity contribution is 0.244. The predicted octanol–water partition coefficient (Wildman–Crippen LogP) is 5.93. The number of nitrogens with one attached hydrogen (secondary N) is 2. The molecule has 1 fully saturated rings. The van der Waals surface area contributed by atoms with Gasteiger partial charge < -0.3 is 5.32 Å². The van der Waals surface area contributed by atoms with Crippen molar-refractivity contribution in [3.05, 3.63) is 60.0 Å². The first-order chi connectivity index (χ1) is 13.3.